The SMILES string of the molecule is Cn1cc(NS(=O)(=O)c2cc(C(=O)O)cc(F)c2F)cn1. The summed E-state index contributed by atoms with van der Waals surface area (Å²) in [5.41, 5.74) is -0.654. The van der Waals surface area contributed by atoms with Crippen molar-refractivity contribution in [3.8, 4) is 0 Å². The second-order valence-electron chi connectivity index (χ2n) is 4.08. The Hall–Kier alpha value is -2.49. The first-order valence-electron chi connectivity index (χ1n) is 5.44. The van der Waals surface area contributed by atoms with E-state index in [4.69, 9.17) is 5.11 Å². The molecule has 7 nitrogen and oxygen atoms in total. The van der Waals surface area contributed by atoms with Crippen LogP contribution in [0.25, 0.3) is 0 Å². The average molecular weight is 317 g/mol. The second-order valence-corrected chi connectivity index (χ2v) is 5.73. The van der Waals surface area contributed by atoms with Crippen molar-refractivity contribution in [3.05, 3.63) is 41.7 Å². The lowest BCUT2D eigenvalue weighted by Crippen LogP contribution is -2.16. The minimum absolute atomic E-state index is 0.0260. The number of rotatable bonds is 4. The van der Waals surface area contributed by atoms with Crippen LogP contribution in [0.5, 0.6) is 0 Å². The zero-order valence-corrected chi connectivity index (χ0v) is 11.4. The molecule has 2 aromatic rings. The summed E-state index contributed by atoms with van der Waals surface area (Å²) in [5.74, 6) is -4.80. The van der Waals surface area contributed by atoms with Gasteiger partial charge in [0.25, 0.3) is 10.0 Å². The van der Waals surface area contributed by atoms with Crippen molar-refractivity contribution >= 4 is 21.7 Å². The van der Waals surface area contributed by atoms with Crippen LogP contribution in [0, 0.1) is 11.6 Å². The lowest BCUT2D eigenvalue weighted by atomic mass is 10.2. The molecular weight excluding hydrogens is 308 g/mol. The third-order valence-corrected chi connectivity index (χ3v) is 3.87. The molecule has 0 amide bonds. The Kier molecular flexibility index (Phi) is 3.64. The van der Waals surface area contributed by atoms with Gasteiger partial charge in [-0.1, -0.05) is 0 Å². The maximum Gasteiger partial charge on any atom is 0.335 e. The van der Waals surface area contributed by atoms with E-state index in [1.807, 2.05) is 4.72 Å². The monoisotopic (exact) mass is 317 g/mol. The highest BCUT2D eigenvalue weighted by molar-refractivity contribution is 7.92. The van der Waals surface area contributed by atoms with Gasteiger partial charge in [-0.25, -0.2) is 22.0 Å². The molecule has 0 spiro atoms. The van der Waals surface area contributed by atoms with Crippen molar-refractivity contribution in [1.82, 2.24) is 9.78 Å². The van der Waals surface area contributed by atoms with Crippen molar-refractivity contribution in [3.63, 3.8) is 0 Å². The van der Waals surface area contributed by atoms with Gasteiger partial charge in [0.2, 0.25) is 0 Å². The van der Waals surface area contributed by atoms with E-state index in [0.717, 1.165) is 6.20 Å². The topological polar surface area (TPSA) is 101 Å². The molecule has 1 aromatic heterocycles. The third kappa shape index (κ3) is 2.99. The molecular formula is C11H9F2N3O4S. The van der Waals surface area contributed by atoms with Gasteiger partial charge in [-0.2, -0.15) is 5.10 Å². The summed E-state index contributed by atoms with van der Waals surface area (Å²) in [7, 11) is -2.96. The summed E-state index contributed by atoms with van der Waals surface area (Å²) in [6.07, 6.45) is 2.46. The van der Waals surface area contributed by atoms with Crippen LogP contribution in [0.2, 0.25) is 0 Å². The minimum Gasteiger partial charge on any atom is -0.478 e. The van der Waals surface area contributed by atoms with Crippen LogP contribution in [0.1, 0.15) is 10.4 Å². The predicted molar refractivity (Wildman–Crippen MR) is 67.3 cm³/mol. The first-order valence-corrected chi connectivity index (χ1v) is 6.93. The predicted octanol–water partition coefficient (Wildman–Crippen LogP) is 1.20. The van der Waals surface area contributed by atoms with Crippen LogP contribution in [-0.2, 0) is 17.1 Å². The Morgan fingerprint density at radius 3 is 2.57 bits per heavy atom. The summed E-state index contributed by atoms with van der Waals surface area (Å²) < 4.78 is 54.3. The van der Waals surface area contributed by atoms with E-state index in [9.17, 15) is 22.0 Å². The highest BCUT2D eigenvalue weighted by atomic mass is 32.2. The largest absolute Gasteiger partial charge is 0.478 e. The van der Waals surface area contributed by atoms with Crippen LogP contribution in [0.4, 0.5) is 14.5 Å². The maximum atomic E-state index is 13.6. The van der Waals surface area contributed by atoms with E-state index in [-0.39, 0.29) is 5.69 Å². The summed E-state index contributed by atoms with van der Waals surface area (Å²) in [5, 5.41) is 12.5. The van der Waals surface area contributed by atoms with Crippen molar-refractivity contribution < 1.29 is 27.1 Å². The molecule has 0 fully saturated rings. The number of aromatic carboxylic acids is 1. The van der Waals surface area contributed by atoms with Crippen LogP contribution in [-0.4, -0.2) is 29.3 Å². The molecule has 21 heavy (non-hydrogen) atoms. The lowest BCUT2D eigenvalue weighted by Gasteiger charge is -2.08. The Labute approximate surface area is 117 Å². The van der Waals surface area contributed by atoms with Gasteiger partial charge in [0.15, 0.2) is 11.6 Å². The van der Waals surface area contributed by atoms with E-state index < -0.39 is 38.1 Å². The summed E-state index contributed by atoms with van der Waals surface area (Å²) >= 11 is 0. The molecule has 0 atom stereocenters. The fourth-order valence-electron chi connectivity index (χ4n) is 1.57. The number of sulfonamides is 1. The van der Waals surface area contributed by atoms with Gasteiger partial charge < -0.3 is 5.11 Å². The number of anilines is 1. The zero-order chi connectivity index (χ0) is 15.8. The van der Waals surface area contributed by atoms with E-state index in [0.29, 0.717) is 12.1 Å². The number of carbonyl (C=O) groups is 1. The number of benzene rings is 1. The second kappa shape index (κ2) is 5.13. The molecule has 0 unspecified atom stereocenters. The summed E-state index contributed by atoms with van der Waals surface area (Å²) in [6, 6.07) is 0.945. The standard InChI is InChI=1S/C11H9F2N3O4S/c1-16-5-7(4-14-16)15-21(19,20)9-3-6(11(17)18)2-8(12)10(9)13/h2-5,15H,1H3,(H,17,18). The van der Waals surface area contributed by atoms with Crippen molar-refractivity contribution in [2.45, 2.75) is 4.90 Å². The van der Waals surface area contributed by atoms with Crippen LogP contribution < -0.4 is 4.72 Å². The number of carboxylic acid groups (broad SMARTS) is 1. The molecule has 0 bridgehead atoms. The highest BCUT2D eigenvalue weighted by Crippen LogP contribution is 2.22. The average Bonchev–Trinajstić information content (AvgIpc) is 2.76. The first kappa shape index (κ1) is 14.9. The Morgan fingerprint density at radius 1 is 1.38 bits per heavy atom. The first-order chi connectivity index (χ1) is 9.70. The van der Waals surface area contributed by atoms with E-state index in [1.54, 1.807) is 0 Å². The van der Waals surface area contributed by atoms with Crippen LogP contribution >= 0.6 is 0 Å². The van der Waals surface area contributed by atoms with Gasteiger partial charge >= 0.3 is 5.97 Å². The zero-order valence-electron chi connectivity index (χ0n) is 10.5. The van der Waals surface area contributed by atoms with Crippen molar-refractivity contribution in [2.75, 3.05) is 4.72 Å². The van der Waals surface area contributed by atoms with Crippen LogP contribution in [0.15, 0.2) is 29.4 Å². The van der Waals surface area contributed by atoms with E-state index >= 15 is 0 Å². The molecule has 0 saturated carbocycles. The minimum atomic E-state index is -4.49. The number of nitrogens with zero attached hydrogens (tertiary/aromatic N) is 2. The van der Waals surface area contributed by atoms with Crippen LogP contribution in [0.3, 0.4) is 0 Å². The number of carboxylic acids is 1. The van der Waals surface area contributed by atoms with Gasteiger partial charge in [-0.15, -0.1) is 0 Å². The fraction of sp³-hybridized carbons (Fsp3) is 0.0909. The van der Waals surface area contributed by atoms with E-state index in [2.05, 4.69) is 5.10 Å². The smallest absolute Gasteiger partial charge is 0.335 e. The number of hydrogen-bond donors (Lipinski definition) is 2. The molecule has 112 valence electrons. The number of aromatic nitrogens is 2. The Balaban J connectivity index is 2.51. The van der Waals surface area contributed by atoms with Gasteiger partial charge in [-0.05, 0) is 12.1 Å². The highest BCUT2D eigenvalue weighted by Gasteiger charge is 2.25. The quantitative estimate of drug-likeness (QED) is 0.882. The molecule has 2 N–H and O–H groups in total. The Morgan fingerprint density at radius 2 is 2.05 bits per heavy atom. The molecule has 0 aliphatic rings. The van der Waals surface area contributed by atoms with Gasteiger partial charge in [0.1, 0.15) is 4.90 Å². The molecule has 0 aliphatic heterocycles. The van der Waals surface area contributed by atoms with Gasteiger partial charge in [0, 0.05) is 13.2 Å². The normalized spacial score (nSPS) is 11.4. The Bertz CT molecular complexity index is 817. The molecule has 2 rings (SSSR count). The molecule has 0 aliphatic carbocycles. The van der Waals surface area contributed by atoms with Crippen molar-refractivity contribution in [2.24, 2.45) is 7.05 Å². The van der Waals surface area contributed by atoms with E-state index in [1.165, 1.54) is 17.9 Å². The lowest BCUT2D eigenvalue weighted by molar-refractivity contribution is 0.0696. The molecule has 10 heteroatoms. The van der Waals surface area contributed by atoms with Gasteiger partial charge in [0.05, 0.1) is 17.4 Å². The number of nitrogens with one attached hydrogen (secondary N) is 1. The van der Waals surface area contributed by atoms with Crippen molar-refractivity contribution in [1.29, 1.82) is 0 Å². The third-order valence-electron chi connectivity index (χ3n) is 2.49. The fourth-order valence-corrected chi connectivity index (χ4v) is 2.71. The number of hydrogen-bond acceptors (Lipinski definition) is 4. The number of halogens is 2. The summed E-state index contributed by atoms with van der Waals surface area (Å²) in [6.45, 7) is 0. The molecule has 0 saturated heterocycles. The van der Waals surface area contributed by atoms with Gasteiger partial charge in [-0.3, -0.25) is 9.40 Å². The maximum absolute atomic E-state index is 13.6. The molecule has 1 aromatic carbocycles. The molecule has 0 radical (unpaired) electrons. The number of aryl methyl sites for hydroxylation is 1. The molecule has 1 heterocycles. The summed E-state index contributed by atoms with van der Waals surface area (Å²) in [4.78, 5) is 9.69.